The first-order chi connectivity index (χ1) is 10.2. The Morgan fingerprint density at radius 2 is 2.29 bits per heavy atom. The van der Waals surface area contributed by atoms with Crippen LogP contribution in [-0.4, -0.2) is 55.1 Å². The summed E-state index contributed by atoms with van der Waals surface area (Å²) in [6, 6.07) is 5.65. The summed E-state index contributed by atoms with van der Waals surface area (Å²) in [7, 11) is 0. The lowest BCUT2D eigenvalue weighted by Gasteiger charge is -2.22. The molecule has 2 atom stereocenters. The summed E-state index contributed by atoms with van der Waals surface area (Å²) < 4.78 is 11.3. The molecule has 5 heteroatoms. The molecule has 1 N–H and O–H groups in total. The van der Waals surface area contributed by atoms with Crippen molar-refractivity contribution in [2.45, 2.75) is 19.1 Å². The Hall–Kier alpha value is -1.07. The van der Waals surface area contributed by atoms with E-state index in [2.05, 4.69) is 11.0 Å². The maximum atomic E-state index is 9.98. The molecular formula is C16H20ClNO3. The van der Waals surface area contributed by atoms with Gasteiger partial charge >= 0.3 is 0 Å². The van der Waals surface area contributed by atoms with Gasteiger partial charge in [0.2, 0.25) is 0 Å². The quantitative estimate of drug-likeness (QED) is 0.926. The van der Waals surface area contributed by atoms with Gasteiger partial charge in [0.05, 0.1) is 12.2 Å². The molecule has 1 saturated heterocycles. The molecular weight excluding hydrogens is 290 g/mol. The minimum Gasteiger partial charge on any atom is -0.489 e. The van der Waals surface area contributed by atoms with Crippen LogP contribution < -0.4 is 4.74 Å². The highest BCUT2D eigenvalue weighted by atomic mass is 35.5. The van der Waals surface area contributed by atoms with E-state index in [4.69, 9.17) is 21.1 Å². The summed E-state index contributed by atoms with van der Waals surface area (Å²) in [6.07, 6.45) is 1.64. The Morgan fingerprint density at radius 3 is 3.10 bits per heavy atom. The number of hydrogen-bond acceptors (Lipinski definition) is 4. The van der Waals surface area contributed by atoms with E-state index in [0.717, 1.165) is 24.4 Å². The molecule has 0 radical (unpaired) electrons. The van der Waals surface area contributed by atoms with Gasteiger partial charge in [-0.3, -0.25) is 4.90 Å². The number of aliphatic hydroxyl groups excluding tert-OH is 1. The normalized spacial score (nSPS) is 25.4. The third kappa shape index (κ3) is 3.40. The zero-order valence-electron chi connectivity index (χ0n) is 12.1. The van der Waals surface area contributed by atoms with E-state index < -0.39 is 6.10 Å². The minimum atomic E-state index is -0.406. The Morgan fingerprint density at radius 1 is 1.43 bits per heavy atom. The van der Waals surface area contributed by atoms with Crippen LogP contribution in [0, 0.1) is 0 Å². The van der Waals surface area contributed by atoms with Gasteiger partial charge in [0, 0.05) is 36.8 Å². The molecule has 2 heterocycles. The summed E-state index contributed by atoms with van der Waals surface area (Å²) in [5.41, 5.74) is 2.21. The number of fused-ring (bicyclic) bond motifs is 1. The van der Waals surface area contributed by atoms with Crippen molar-refractivity contribution < 1.29 is 14.6 Å². The lowest BCUT2D eigenvalue weighted by molar-refractivity contribution is -0.00238. The van der Waals surface area contributed by atoms with Crippen LogP contribution in [0.1, 0.15) is 12.5 Å². The fourth-order valence-electron chi connectivity index (χ4n) is 2.91. The molecule has 2 aliphatic heterocycles. The Balaban J connectivity index is 1.66. The van der Waals surface area contributed by atoms with Crippen LogP contribution >= 0.6 is 11.6 Å². The van der Waals surface area contributed by atoms with Gasteiger partial charge in [-0.25, -0.2) is 0 Å². The summed E-state index contributed by atoms with van der Waals surface area (Å²) in [5, 5.41) is 10.7. The van der Waals surface area contributed by atoms with Gasteiger partial charge in [-0.2, -0.15) is 0 Å². The molecule has 0 unspecified atom stereocenters. The SMILES string of the molecule is CCO[C@@H]1CN(CC2=Cc3cc(Cl)ccc3OC2)C[C@H]1O. The molecule has 4 nitrogen and oxygen atoms in total. The van der Waals surface area contributed by atoms with Crippen LogP contribution in [0.25, 0.3) is 6.08 Å². The molecule has 1 aromatic rings. The molecule has 0 aromatic heterocycles. The zero-order chi connectivity index (χ0) is 14.8. The fraction of sp³-hybridized carbons (Fsp3) is 0.500. The number of likely N-dealkylation sites (tertiary alicyclic amines) is 1. The van der Waals surface area contributed by atoms with Gasteiger partial charge in [-0.05, 0) is 36.8 Å². The molecule has 0 spiro atoms. The largest absolute Gasteiger partial charge is 0.489 e. The Bertz CT molecular complexity index is 546. The maximum absolute atomic E-state index is 9.98. The predicted octanol–water partition coefficient (Wildman–Crippen LogP) is 2.20. The van der Waals surface area contributed by atoms with Crippen molar-refractivity contribution >= 4 is 17.7 Å². The van der Waals surface area contributed by atoms with Crippen molar-refractivity contribution in [2.24, 2.45) is 0 Å². The molecule has 21 heavy (non-hydrogen) atoms. The average molecular weight is 310 g/mol. The molecule has 1 aromatic carbocycles. The van der Waals surface area contributed by atoms with E-state index in [-0.39, 0.29) is 6.10 Å². The van der Waals surface area contributed by atoms with Crippen molar-refractivity contribution in [3.63, 3.8) is 0 Å². The topological polar surface area (TPSA) is 41.9 Å². The van der Waals surface area contributed by atoms with Crippen molar-refractivity contribution in [2.75, 3.05) is 32.8 Å². The number of halogens is 1. The number of aliphatic hydroxyl groups is 1. The van der Waals surface area contributed by atoms with E-state index in [1.54, 1.807) is 0 Å². The van der Waals surface area contributed by atoms with Crippen LogP contribution in [0.15, 0.2) is 23.8 Å². The van der Waals surface area contributed by atoms with Gasteiger partial charge < -0.3 is 14.6 Å². The van der Waals surface area contributed by atoms with Crippen molar-refractivity contribution in [3.05, 3.63) is 34.4 Å². The van der Waals surface area contributed by atoms with E-state index in [0.29, 0.717) is 24.8 Å². The highest BCUT2D eigenvalue weighted by molar-refractivity contribution is 6.30. The van der Waals surface area contributed by atoms with Gasteiger partial charge in [0.1, 0.15) is 12.4 Å². The monoisotopic (exact) mass is 309 g/mol. The lowest BCUT2D eigenvalue weighted by atomic mass is 10.1. The number of hydrogen-bond donors (Lipinski definition) is 1. The van der Waals surface area contributed by atoms with Crippen LogP contribution in [0.5, 0.6) is 5.75 Å². The Labute approximate surface area is 129 Å². The highest BCUT2D eigenvalue weighted by Crippen LogP contribution is 2.29. The number of rotatable bonds is 4. The molecule has 2 aliphatic rings. The second-order valence-corrected chi connectivity index (χ2v) is 5.97. The molecule has 114 valence electrons. The first-order valence-corrected chi connectivity index (χ1v) is 7.67. The van der Waals surface area contributed by atoms with Gasteiger partial charge in [0.25, 0.3) is 0 Å². The van der Waals surface area contributed by atoms with Gasteiger partial charge in [-0.15, -0.1) is 0 Å². The molecule has 1 fully saturated rings. The van der Waals surface area contributed by atoms with Crippen LogP contribution in [0.3, 0.4) is 0 Å². The average Bonchev–Trinajstić information content (AvgIpc) is 2.79. The van der Waals surface area contributed by atoms with Crippen molar-refractivity contribution in [1.82, 2.24) is 4.90 Å². The maximum Gasteiger partial charge on any atom is 0.127 e. The van der Waals surface area contributed by atoms with E-state index >= 15 is 0 Å². The summed E-state index contributed by atoms with van der Waals surface area (Å²) in [4.78, 5) is 2.20. The van der Waals surface area contributed by atoms with Gasteiger partial charge in [-0.1, -0.05) is 11.6 Å². The summed E-state index contributed by atoms with van der Waals surface area (Å²) in [5.74, 6) is 0.872. The number of benzene rings is 1. The van der Waals surface area contributed by atoms with Crippen molar-refractivity contribution in [3.8, 4) is 5.75 Å². The van der Waals surface area contributed by atoms with E-state index in [9.17, 15) is 5.11 Å². The third-order valence-electron chi connectivity index (χ3n) is 3.86. The van der Waals surface area contributed by atoms with Crippen molar-refractivity contribution in [1.29, 1.82) is 0 Å². The van der Waals surface area contributed by atoms with E-state index in [1.165, 1.54) is 5.57 Å². The zero-order valence-corrected chi connectivity index (χ0v) is 12.8. The first kappa shape index (κ1) is 14.9. The highest BCUT2D eigenvalue weighted by Gasteiger charge is 2.32. The summed E-state index contributed by atoms with van der Waals surface area (Å²) >= 11 is 6.02. The second kappa shape index (κ2) is 6.36. The van der Waals surface area contributed by atoms with Crippen LogP contribution in [-0.2, 0) is 4.74 Å². The number of ether oxygens (including phenoxy) is 2. The molecule has 0 saturated carbocycles. The minimum absolute atomic E-state index is 0.0816. The van der Waals surface area contributed by atoms with Crippen LogP contribution in [0.2, 0.25) is 5.02 Å². The van der Waals surface area contributed by atoms with Crippen LogP contribution in [0.4, 0.5) is 0 Å². The number of β-amino-alcohol motifs (C(OH)–C–C–N with tert-alkyl or cyclic N) is 1. The van der Waals surface area contributed by atoms with E-state index in [1.807, 2.05) is 25.1 Å². The molecule has 0 bridgehead atoms. The fourth-order valence-corrected chi connectivity index (χ4v) is 3.09. The first-order valence-electron chi connectivity index (χ1n) is 7.29. The third-order valence-corrected chi connectivity index (χ3v) is 4.10. The molecule has 0 amide bonds. The Kier molecular flexibility index (Phi) is 4.50. The second-order valence-electron chi connectivity index (χ2n) is 5.53. The standard InChI is InChI=1S/C16H20ClNO3/c1-2-20-16-9-18(8-14(16)19)7-11-5-12-6-13(17)3-4-15(12)21-10-11/h3-6,14,16,19H,2,7-10H2,1H3/t14-,16-/m1/s1. The number of nitrogens with zero attached hydrogens (tertiary/aromatic N) is 1. The lowest BCUT2D eigenvalue weighted by Crippen LogP contribution is -2.28. The smallest absolute Gasteiger partial charge is 0.127 e. The molecule has 3 rings (SSSR count). The van der Waals surface area contributed by atoms with Gasteiger partial charge in [0.15, 0.2) is 0 Å². The molecule has 0 aliphatic carbocycles. The summed E-state index contributed by atoms with van der Waals surface area (Å²) in [6.45, 7) is 5.35. The predicted molar refractivity (Wildman–Crippen MR) is 82.8 cm³/mol.